The molecule has 0 aliphatic carbocycles. The van der Waals surface area contributed by atoms with Crippen LogP contribution in [0.4, 0.5) is 22.0 Å². The molecule has 1 aromatic carbocycles. The molecule has 1 fully saturated rings. The molecule has 0 bridgehead atoms. The lowest BCUT2D eigenvalue weighted by atomic mass is 10.00. The molecule has 2 rings (SSSR count). The molecule has 1 aromatic rings. The van der Waals surface area contributed by atoms with Gasteiger partial charge in [0.15, 0.2) is 0 Å². The molecule has 22 heavy (non-hydrogen) atoms. The average molecular weight is 367 g/mol. The largest absolute Gasteiger partial charge is 0.408 e. The summed E-state index contributed by atoms with van der Waals surface area (Å²) in [7, 11) is 0. The Morgan fingerprint density at radius 2 is 1.64 bits per heavy atom. The maximum Gasteiger partial charge on any atom is 0.408 e. The topological polar surface area (TPSA) is 15.3 Å². The van der Waals surface area contributed by atoms with Crippen molar-refractivity contribution < 1.29 is 22.0 Å². The highest BCUT2D eigenvalue weighted by Gasteiger charge is 2.47. The van der Waals surface area contributed by atoms with Gasteiger partial charge in [-0.05, 0) is 18.6 Å². The number of hydrogen-bond donors (Lipinski definition) is 1. The van der Waals surface area contributed by atoms with Gasteiger partial charge >= 0.3 is 6.18 Å². The fourth-order valence-corrected chi connectivity index (χ4v) is 2.42. The van der Waals surface area contributed by atoms with E-state index in [-0.39, 0.29) is 43.5 Å². The van der Waals surface area contributed by atoms with E-state index in [0.29, 0.717) is 13.1 Å². The van der Waals surface area contributed by atoms with Gasteiger partial charge < -0.3 is 5.32 Å². The zero-order chi connectivity index (χ0) is 14.9. The first kappa shape index (κ1) is 21.4. The second-order valence-electron chi connectivity index (χ2n) is 4.82. The van der Waals surface area contributed by atoms with Crippen LogP contribution in [0.2, 0.25) is 0 Å². The monoisotopic (exact) mass is 366 g/mol. The maximum atomic E-state index is 14.0. The van der Waals surface area contributed by atoms with Crippen LogP contribution in [0.25, 0.3) is 0 Å². The molecule has 9 heteroatoms. The van der Waals surface area contributed by atoms with Gasteiger partial charge in [-0.15, -0.1) is 24.8 Å². The van der Waals surface area contributed by atoms with Crippen molar-refractivity contribution in [3.63, 3.8) is 0 Å². The summed E-state index contributed by atoms with van der Waals surface area (Å²) in [6.45, 7) is 2.24. The van der Waals surface area contributed by atoms with Crippen LogP contribution >= 0.6 is 24.8 Å². The molecule has 0 amide bonds. The third kappa shape index (κ3) is 4.44. The quantitative estimate of drug-likeness (QED) is 0.804. The SMILES string of the molecule is Cc1ccc(F)c([C@@H](N2CCNCC2)C(F)(F)F)c1F.Cl.Cl. The number of piperazine rings is 1. The summed E-state index contributed by atoms with van der Waals surface area (Å²) in [5.41, 5.74) is -0.898. The van der Waals surface area contributed by atoms with Gasteiger partial charge in [-0.2, -0.15) is 13.2 Å². The number of alkyl halides is 3. The van der Waals surface area contributed by atoms with Crippen LogP contribution < -0.4 is 5.32 Å². The van der Waals surface area contributed by atoms with Crippen LogP contribution in [-0.4, -0.2) is 37.3 Å². The highest BCUT2D eigenvalue weighted by Crippen LogP contribution is 2.40. The van der Waals surface area contributed by atoms with E-state index in [0.717, 1.165) is 17.0 Å². The lowest BCUT2D eigenvalue weighted by Gasteiger charge is -2.36. The summed E-state index contributed by atoms with van der Waals surface area (Å²) in [5.74, 6) is -2.28. The predicted octanol–water partition coefficient (Wildman–Crippen LogP) is 3.63. The Bertz CT molecular complexity index is 490. The van der Waals surface area contributed by atoms with E-state index >= 15 is 0 Å². The van der Waals surface area contributed by atoms with Crippen molar-refractivity contribution >= 4 is 24.8 Å². The van der Waals surface area contributed by atoms with E-state index in [4.69, 9.17) is 0 Å². The van der Waals surface area contributed by atoms with E-state index in [1.165, 1.54) is 6.92 Å². The Morgan fingerprint density at radius 3 is 2.14 bits per heavy atom. The third-order valence-electron chi connectivity index (χ3n) is 3.42. The van der Waals surface area contributed by atoms with Crippen LogP contribution in [0.5, 0.6) is 0 Å². The van der Waals surface area contributed by atoms with Crippen molar-refractivity contribution in [2.75, 3.05) is 26.2 Å². The molecule has 0 radical (unpaired) electrons. The van der Waals surface area contributed by atoms with Gasteiger partial charge in [-0.25, -0.2) is 8.78 Å². The zero-order valence-corrected chi connectivity index (χ0v) is 13.3. The first-order valence-corrected chi connectivity index (χ1v) is 6.28. The van der Waals surface area contributed by atoms with Gasteiger partial charge in [-0.1, -0.05) is 6.07 Å². The number of rotatable bonds is 2. The van der Waals surface area contributed by atoms with Crippen molar-refractivity contribution in [2.24, 2.45) is 0 Å². The molecule has 1 saturated heterocycles. The first-order chi connectivity index (χ1) is 9.32. The summed E-state index contributed by atoms with van der Waals surface area (Å²) in [4.78, 5) is 1.07. The second-order valence-corrected chi connectivity index (χ2v) is 4.82. The minimum Gasteiger partial charge on any atom is -0.314 e. The number of nitrogens with one attached hydrogen (secondary N) is 1. The Hall–Kier alpha value is -0.630. The third-order valence-corrected chi connectivity index (χ3v) is 3.42. The van der Waals surface area contributed by atoms with E-state index in [1.54, 1.807) is 0 Å². The van der Waals surface area contributed by atoms with Crippen molar-refractivity contribution in [1.29, 1.82) is 0 Å². The molecule has 1 heterocycles. The van der Waals surface area contributed by atoms with E-state index in [2.05, 4.69) is 5.32 Å². The molecule has 0 unspecified atom stereocenters. The van der Waals surface area contributed by atoms with Gasteiger partial charge in [0.05, 0.1) is 5.56 Å². The van der Waals surface area contributed by atoms with Crippen molar-refractivity contribution in [3.8, 4) is 0 Å². The standard InChI is InChI=1S/C13H15F5N2.2ClH/c1-8-2-3-9(14)10(11(8)15)12(13(16,17)18)20-6-4-19-5-7-20;;/h2-3,12,19H,4-7H2,1H3;2*1H/t12-;;/m1../s1. The molecule has 1 atom stereocenters. The molecule has 0 aromatic heterocycles. The van der Waals surface area contributed by atoms with Crippen LogP contribution in [0.3, 0.4) is 0 Å². The van der Waals surface area contributed by atoms with Crippen LogP contribution in [0, 0.1) is 18.6 Å². The van der Waals surface area contributed by atoms with Crippen LogP contribution in [0.15, 0.2) is 12.1 Å². The number of nitrogens with zero attached hydrogens (tertiary/aromatic N) is 1. The van der Waals surface area contributed by atoms with Gasteiger partial charge in [0, 0.05) is 26.2 Å². The molecular weight excluding hydrogens is 350 g/mol. The second kappa shape index (κ2) is 8.29. The number of hydrogen-bond acceptors (Lipinski definition) is 2. The summed E-state index contributed by atoms with van der Waals surface area (Å²) < 4.78 is 67.7. The van der Waals surface area contributed by atoms with Gasteiger partial charge in [0.1, 0.15) is 17.7 Å². The van der Waals surface area contributed by atoms with Gasteiger partial charge in [0.2, 0.25) is 0 Å². The summed E-state index contributed by atoms with van der Waals surface area (Å²) >= 11 is 0. The zero-order valence-electron chi connectivity index (χ0n) is 11.7. The van der Waals surface area contributed by atoms with Gasteiger partial charge in [-0.3, -0.25) is 4.90 Å². The minimum atomic E-state index is -4.73. The van der Waals surface area contributed by atoms with Crippen LogP contribution in [0.1, 0.15) is 17.2 Å². The normalized spacial score (nSPS) is 17.4. The molecule has 0 spiro atoms. The highest BCUT2D eigenvalue weighted by molar-refractivity contribution is 5.85. The van der Waals surface area contributed by atoms with Crippen molar-refractivity contribution in [2.45, 2.75) is 19.1 Å². The van der Waals surface area contributed by atoms with E-state index in [1.807, 2.05) is 0 Å². The van der Waals surface area contributed by atoms with Crippen molar-refractivity contribution in [1.82, 2.24) is 10.2 Å². The molecule has 0 saturated carbocycles. The lowest BCUT2D eigenvalue weighted by molar-refractivity contribution is -0.189. The van der Waals surface area contributed by atoms with E-state index < -0.39 is 29.4 Å². The lowest BCUT2D eigenvalue weighted by Crippen LogP contribution is -2.49. The smallest absolute Gasteiger partial charge is 0.314 e. The predicted molar refractivity (Wildman–Crippen MR) is 78.8 cm³/mol. The fourth-order valence-electron chi connectivity index (χ4n) is 2.42. The Labute approximate surface area is 137 Å². The molecule has 2 nitrogen and oxygen atoms in total. The number of aryl methyl sites for hydroxylation is 1. The average Bonchev–Trinajstić information content (AvgIpc) is 2.39. The van der Waals surface area contributed by atoms with Crippen LogP contribution in [-0.2, 0) is 0 Å². The number of benzene rings is 1. The highest BCUT2D eigenvalue weighted by atomic mass is 35.5. The first-order valence-electron chi connectivity index (χ1n) is 6.28. The van der Waals surface area contributed by atoms with Gasteiger partial charge in [0.25, 0.3) is 0 Å². The van der Waals surface area contributed by atoms with E-state index in [9.17, 15) is 22.0 Å². The molecule has 1 aliphatic heterocycles. The summed E-state index contributed by atoms with van der Waals surface area (Å²) in [6.07, 6.45) is -4.73. The van der Waals surface area contributed by atoms with Crippen molar-refractivity contribution in [3.05, 3.63) is 34.9 Å². The minimum absolute atomic E-state index is 0. The maximum absolute atomic E-state index is 14.0. The number of halogens is 7. The summed E-state index contributed by atoms with van der Waals surface area (Å²) in [6, 6.07) is -0.224. The summed E-state index contributed by atoms with van der Waals surface area (Å²) in [5, 5.41) is 2.92. The molecule has 128 valence electrons. The Kier molecular flexibility index (Phi) is 8.05. The molecule has 1 aliphatic rings. The fraction of sp³-hybridized carbons (Fsp3) is 0.538. The Balaban J connectivity index is 0.00000220. The molecule has 1 N–H and O–H groups in total. The molecular formula is C13H17Cl2F5N2. The Morgan fingerprint density at radius 1 is 1.09 bits per heavy atom.